The topological polar surface area (TPSA) is 92.4 Å². The number of hydrogen-bond donors (Lipinski definition) is 0. The van der Waals surface area contributed by atoms with Gasteiger partial charge in [0.05, 0.1) is 22.5 Å². The maximum absolute atomic E-state index is 13.3. The van der Waals surface area contributed by atoms with E-state index in [0.29, 0.717) is 24.3 Å². The van der Waals surface area contributed by atoms with Crippen LogP contribution >= 0.6 is 23.1 Å². The number of anilines is 1. The molecule has 1 fully saturated rings. The summed E-state index contributed by atoms with van der Waals surface area (Å²) in [5.74, 6) is -0.551. The average Bonchev–Trinajstić information content (AvgIpc) is 3.65. The predicted molar refractivity (Wildman–Crippen MR) is 126 cm³/mol. The summed E-state index contributed by atoms with van der Waals surface area (Å²) in [7, 11) is 0. The lowest BCUT2D eigenvalue weighted by Crippen LogP contribution is -2.48. The minimum absolute atomic E-state index is 0.122. The van der Waals surface area contributed by atoms with Crippen LogP contribution in [0.15, 0.2) is 74.6 Å². The Labute approximate surface area is 203 Å². The number of amides is 2. The van der Waals surface area contributed by atoms with Gasteiger partial charge in [-0.05, 0) is 35.7 Å². The monoisotopic (exact) mass is 493 g/mol. The first-order valence-electron chi connectivity index (χ1n) is 10.8. The van der Waals surface area contributed by atoms with E-state index in [1.54, 1.807) is 29.7 Å². The second-order valence-electron chi connectivity index (χ2n) is 8.16. The zero-order chi connectivity index (χ0) is 23.3. The molecule has 3 aliphatic rings. The molecule has 0 aliphatic carbocycles. The number of para-hydroxylation sites is 1. The molecule has 0 saturated carbocycles. The maximum Gasteiger partial charge on any atom is 0.344 e. The van der Waals surface area contributed by atoms with Gasteiger partial charge >= 0.3 is 5.97 Å². The quantitative estimate of drug-likeness (QED) is 0.495. The summed E-state index contributed by atoms with van der Waals surface area (Å²) in [5.41, 5.74) is 1.49. The van der Waals surface area contributed by atoms with Crippen LogP contribution in [0.4, 0.5) is 5.69 Å². The Morgan fingerprint density at radius 3 is 2.85 bits per heavy atom. The average molecular weight is 494 g/mol. The van der Waals surface area contributed by atoms with E-state index in [0.717, 1.165) is 15.5 Å². The van der Waals surface area contributed by atoms with Crippen molar-refractivity contribution in [3.8, 4) is 0 Å². The smallest absolute Gasteiger partial charge is 0.344 e. The predicted octanol–water partition coefficient (Wildman–Crippen LogP) is 4.19. The van der Waals surface area contributed by atoms with Crippen LogP contribution in [0.2, 0.25) is 0 Å². The standard InChI is InChI=1S/C24H19N3O5S2/c28-21-9-10-24(26(21)16-5-1-2-7-20(16)34-24)23(30)32-14-22(29)27-17(18-6-3-11-31-18)13-15(25-27)19-8-4-12-33-19/h1-8,11-12,17H,9-10,13-14H2/t17-,24+/m0/s1. The third kappa shape index (κ3) is 3.28. The maximum atomic E-state index is 13.3. The van der Waals surface area contributed by atoms with E-state index in [2.05, 4.69) is 5.10 Å². The van der Waals surface area contributed by atoms with Crippen molar-refractivity contribution in [2.75, 3.05) is 11.5 Å². The van der Waals surface area contributed by atoms with Crippen LogP contribution < -0.4 is 4.90 Å². The molecule has 2 atom stereocenters. The number of thiophene rings is 1. The zero-order valence-corrected chi connectivity index (χ0v) is 19.5. The van der Waals surface area contributed by atoms with Crippen molar-refractivity contribution in [1.29, 1.82) is 0 Å². The molecule has 0 N–H and O–H groups in total. The molecule has 0 spiro atoms. The molecule has 3 aromatic rings. The second kappa shape index (κ2) is 8.14. The lowest BCUT2D eigenvalue weighted by atomic mass is 10.1. The fourth-order valence-corrected chi connectivity index (χ4v) is 6.75. The van der Waals surface area contributed by atoms with Crippen molar-refractivity contribution in [3.05, 3.63) is 70.8 Å². The van der Waals surface area contributed by atoms with E-state index >= 15 is 0 Å². The van der Waals surface area contributed by atoms with Gasteiger partial charge in [0, 0.05) is 24.2 Å². The van der Waals surface area contributed by atoms with Crippen molar-refractivity contribution >= 4 is 52.3 Å². The normalized spacial score (nSPS) is 23.1. The van der Waals surface area contributed by atoms with Crippen molar-refractivity contribution in [2.24, 2.45) is 5.10 Å². The van der Waals surface area contributed by atoms with Crippen LogP contribution in [0.3, 0.4) is 0 Å². The molecule has 0 bridgehead atoms. The van der Waals surface area contributed by atoms with Gasteiger partial charge in [-0.3, -0.25) is 14.5 Å². The summed E-state index contributed by atoms with van der Waals surface area (Å²) < 4.78 is 11.1. The number of hydrogen-bond acceptors (Lipinski definition) is 8. The number of carbonyl (C=O) groups excluding carboxylic acids is 3. The number of fused-ring (bicyclic) bond motifs is 3. The molecule has 10 heteroatoms. The third-order valence-corrected chi connectivity index (χ3v) is 8.54. The Morgan fingerprint density at radius 2 is 2.06 bits per heavy atom. The van der Waals surface area contributed by atoms with E-state index in [1.807, 2.05) is 41.8 Å². The largest absolute Gasteiger partial charge is 0.467 e. The number of carbonyl (C=O) groups is 3. The minimum Gasteiger partial charge on any atom is -0.467 e. The summed E-state index contributed by atoms with van der Waals surface area (Å²) in [6.45, 7) is -0.474. The Bertz CT molecular complexity index is 1300. The molecule has 5 heterocycles. The molecular weight excluding hydrogens is 474 g/mol. The summed E-state index contributed by atoms with van der Waals surface area (Å²) in [5, 5.41) is 7.84. The SMILES string of the molecule is O=C(COC(=O)[C@]12CCC(=O)N1c1ccccc1S2)N1N=C(c2cccs2)C[C@H]1c1ccco1. The molecule has 8 nitrogen and oxygen atoms in total. The van der Waals surface area contributed by atoms with E-state index in [1.165, 1.54) is 21.7 Å². The Kier molecular flexibility index (Phi) is 5.07. The number of furan rings is 1. The third-order valence-electron chi connectivity index (χ3n) is 6.16. The summed E-state index contributed by atoms with van der Waals surface area (Å²) in [6, 6.07) is 14.4. The van der Waals surface area contributed by atoms with Crippen LogP contribution in [-0.4, -0.2) is 40.0 Å². The highest BCUT2D eigenvalue weighted by atomic mass is 32.2. The molecule has 2 aromatic heterocycles. The van der Waals surface area contributed by atoms with E-state index in [-0.39, 0.29) is 12.3 Å². The first-order chi connectivity index (χ1) is 16.6. The summed E-state index contributed by atoms with van der Waals surface area (Å²) in [6.07, 6.45) is 2.65. The van der Waals surface area contributed by atoms with Crippen molar-refractivity contribution in [3.63, 3.8) is 0 Å². The number of thioether (sulfide) groups is 1. The second-order valence-corrected chi connectivity index (χ2v) is 10.4. The molecule has 0 radical (unpaired) electrons. The molecule has 3 aliphatic heterocycles. The van der Waals surface area contributed by atoms with Gasteiger partial charge in [-0.1, -0.05) is 30.0 Å². The van der Waals surface area contributed by atoms with Gasteiger partial charge in [-0.2, -0.15) is 5.10 Å². The first-order valence-corrected chi connectivity index (χ1v) is 12.5. The molecule has 172 valence electrons. The highest BCUT2D eigenvalue weighted by molar-refractivity contribution is 8.02. The van der Waals surface area contributed by atoms with Crippen LogP contribution in [0.5, 0.6) is 0 Å². The molecule has 1 saturated heterocycles. The van der Waals surface area contributed by atoms with Crippen molar-refractivity contribution in [1.82, 2.24) is 5.01 Å². The van der Waals surface area contributed by atoms with Crippen LogP contribution in [0, 0.1) is 0 Å². The number of esters is 1. The number of benzene rings is 1. The van der Waals surface area contributed by atoms with Crippen LogP contribution in [-0.2, 0) is 19.1 Å². The van der Waals surface area contributed by atoms with Gasteiger partial charge in [0.1, 0.15) is 11.8 Å². The van der Waals surface area contributed by atoms with Gasteiger partial charge in [-0.25, -0.2) is 9.80 Å². The summed E-state index contributed by atoms with van der Waals surface area (Å²) >= 11 is 2.86. The van der Waals surface area contributed by atoms with Crippen LogP contribution in [0.1, 0.15) is 35.9 Å². The van der Waals surface area contributed by atoms with Gasteiger partial charge < -0.3 is 9.15 Å². The number of hydrazone groups is 1. The number of ether oxygens (including phenoxy) is 1. The van der Waals surface area contributed by atoms with Gasteiger partial charge in [0.25, 0.3) is 5.91 Å². The molecule has 6 rings (SSSR count). The molecule has 2 amide bonds. The minimum atomic E-state index is -1.17. The van der Waals surface area contributed by atoms with E-state index < -0.39 is 29.4 Å². The summed E-state index contributed by atoms with van der Waals surface area (Å²) in [4.78, 5) is 41.2. The Morgan fingerprint density at radius 1 is 1.18 bits per heavy atom. The lowest BCUT2D eigenvalue weighted by molar-refractivity contribution is -0.154. The number of nitrogens with zero attached hydrogens (tertiary/aromatic N) is 3. The van der Waals surface area contributed by atoms with Crippen molar-refractivity contribution < 1.29 is 23.5 Å². The highest BCUT2D eigenvalue weighted by Gasteiger charge is 2.58. The van der Waals surface area contributed by atoms with Crippen LogP contribution in [0.25, 0.3) is 0 Å². The Balaban J connectivity index is 1.21. The van der Waals surface area contributed by atoms with Gasteiger partial charge in [0.2, 0.25) is 5.91 Å². The fourth-order valence-electron chi connectivity index (χ4n) is 4.61. The first kappa shape index (κ1) is 21.2. The zero-order valence-electron chi connectivity index (χ0n) is 17.9. The van der Waals surface area contributed by atoms with Crippen molar-refractivity contribution in [2.45, 2.75) is 35.1 Å². The Hall–Kier alpha value is -3.37. The highest BCUT2D eigenvalue weighted by Crippen LogP contribution is 2.56. The van der Waals surface area contributed by atoms with E-state index in [4.69, 9.17) is 9.15 Å². The molecular formula is C24H19N3O5S2. The van der Waals surface area contributed by atoms with E-state index in [9.17, 15) is 14.4 Å². The molecule has 1 aromatic carbocycles. The molecule has 34 heavy (non-hydrogen) atoms. The van der Waals surface area contributed by atoms with Gasteiger partial charge in [0.15, 0.2) is 11.5 Å². The number of rotatable bonds is 5. The molecule has 0 unspecified atom stereocenters. The van der Waals surface area contributed by atoms with Gasteiger partial charge in [-0.15, -0.1) is 11.3 Å². The fraction of sp³-hybridized carbons (Fsp3) is 0.250. The lowest BCUT2D eigenvalue weighted by Gasteiger charge is -2.28.